The molecule has 0 saturated carbocycles. The molecule has 45 heavy (non-hydrogen) atoms. The maximum Gasteiger partial charge on any atom is 0.342 e. The summed E-state index contributed by atoms with van der Waals surface area (Å²) in [6.45, 7) is 4.82. The number of carbonyl (C=O) groups is 3. The third-order valence-corrected chi connectivity index (χ3v) is 6.88. The number of rotatable bonds is 13. The van der Waals surface area contributed by atoms with Crippen molar-refractivity contribution in [2.45, 2.75) is 82.9 Å². The molecule has 1 heterocycles. The predicted octanol–water partition coefficient (Wildman–Crippen LogP) is 2.99. The molecule has 13 nitrogen and oxygen atoms in total. The van der Waals surface area contributed by atoms with Gasteiger partial charge in [-0.2, -0.15) is 0 Å². The first-order valence-corrected chi connectivity index (χ1v) is 14.6. The second-order valence-electron chi connectivity index (χ2n) is 11.3. The molecule has 0 aliphatic carbocycles. The van der Waals surface area contributed by atoms with Gasteiger partial charge in [-0.25, -0.2) is 4.79 Å². The highest BCUT2D eigenvalue weighted by atomic mass is 35.5. The number of halogens is 1. The Morgan fingerprint density at radius 1 is 1.02 bits per heavy atom. The largest absolute Gasteiger partial charge is 0.496 e. The van der Waals surface area contributed by atoms with Crippen molar-refractivity contribution >= 4 is 35.1 Å². The number of carbonyl (C=O) groups excluding carboxylic acids is 3. The van der Waals surface area contributed by atoms with E-state index in [2.05, 4.69) is 5.32 Å². The van der Waals surface area contributed by atoms with E-state index in [4.69, 9.17) is 40.0 Å². The Bertz CT molecular complexity index is 1330. The van der Waals surface area contributed by atoms with Crippen LogP contribution in [0.4, 0.5) is 5.69 Å². The SMILES string of the molecule is COc1cc(OCc2cccc(NC(=O)CCCC(=O)OC(C)(C)C)c2)c(Cl)cc1C(=O)O[C@H]1[C@@H](OC)O[C@H](CO)[C@@H](O)[C@@H]1O. The van der Waals surface area contributed by atoms with Gasteiger partial charge < -0.3 is 49.1 Å². The summed E-state index contributed by atoms with van der Waals surface area (Å²) >= 11 is 6.42. The monoisotopic (exact) mass is 653 g/mol. The number of aliphatic hydroxyl groups excluding tert-OH is 3. The summed E-state index contributed by atoms with van der Waals surface area (Å²) in [6, 6.07) is 9.64. The maximum absolute atomic E-state index is 13.1. The van der Waals surface area contributed by atoms with Crippen molar-refractivity contribution in [1.82, 2.24) is 0 Å². The van der Waals surface area contributed by atoms with E-state index < -0.39 is 48.9 Å². The summed E-state index contributed by atoms with van der Waals surface area (Å²) in [5.41, 5.74) is 0.578. The molecular formula is C31H40ClNO12. The molecule has 1 aliphatic rings. The van der Waals surface area contributed by atoms with E-state index >= 15 is 0 Å². The zero-order valence-corrected chi connectivity index (χ0v) is 26.5. The van der Waals surface area contributed by atoms with Gasteiger partial charge in [0.15, 0.2) is 12.4 Å². The fourth-order valence-electron chi connectivity index (χ4n) is 4.44. The van der Waals surface area contributed by atoms with Gasteiger partial charge >= 0.3 is 11.9 Å². The van der Waals surface area contributed by atoms with E-state index in [9.17, 15) is 29.7 Å². The van der Waals surface area contributed by atoms with Crippen LogP contribution < -0.4 is 14.8 Å². The molecule has 5 atom stereocenters. The summed E-state index contributed by atoms with van der Waals surface area (Å²) in [7, 11) is 2.59. The Kier molecular flexibility index (Phi) is 13.0. The molecule has 0 bridgehead atoms. The fraction of sp³-hybridized carbons (Fsp3) is 0.516. The average Bonchev–Trinajstić information content (AvgIpc) is 2.98. The predicted molar refractivity (Wildman–Crippen MR) is 161 cm³/mol. The van der Waals surface area contributed by atoms with Gasteiger partial charge in [0.05, 0.1) is 18.7 Å². The lowest BCUT2D eigenvalue weighted by Gasteiger charge is -2.40. The van der Waals surface area contributed by atoms with Crippen LogP contribution in [0, 0.1) is 0 Å². The molecule has 0 aromatic heterocycles. The van der Waals surface area contributed by atoms with Crippen LogP contribution in [0.15, 0.2) is 36.4 Å². The van der Waals surface area contributed by atoms with Gasteiger partial charge in [0, 0.05) is 31.7 Å². The van der Waals surface area contributed by atoms with Crippen molar-refractivity contribution in [1.29, 1.82) is 0 Å². The number of esters is 2. The molecule has 1 fully saturated rings. The lowest BCUT2D eigenvalue weighted by Crippen LogP contribution is -2.60. The quantitative estimate of drug-likeness (QED) is 0.233. The first-order chi connectivity index (χ1) is 21.3. The lowest BCUT2D eigenvalue weighted by atomic mass is 9.99. The molecule has 14 heteroatoms. The molecule has 2 aromatic rings. The van der Waals surface area contributed by atoms with Crippen LogP contribution in [0.5, 0.6) is 11.5 Å². The highest BCUT2D eigenvalue weighted by molar-refractivity contribution is 6.32. The van der Waals surface area contributed by atoms with Crippen LogP contribution in [0.2, 0.25) is 5.02 Å². The highest BCUT2D eigenvalue weighted by Crippen LogP contribution is 2.35. The van der Waals surface area contributed by atoms with Crippen LogP contribution in [0.3, 0.4) is 0 Å². The lowest BCUT2D eigenvalue weighted by molar-refractivity contribution is -0.293. The number of ether oxygens (including phenoxy) is 6. The first-order valence-electron chi connectivity index (χ1n) is 14.2. The van der Waals surface area contributed by atoms with Gasteiger partial charge in [-0.3, -0.25) is 9.59 Å². The number of hydrogen-bond acceptors (Lipinski definition) is 12. The van der Waals surface area contributed by atoms with Gasteiger partial charge in [-0.1, -0.05) is 23.7 Å². The second-order valence-corrected chi connectivity index (χ2v) is 11.7. The minimum Gasteiger partial charge on any atom is -0.496 e. The minimum atomic E-state index is -1.60. The third kappa shape index (κ3) is 10.3. The molecule has 1 saturated heterocycles. The Labute approximate surface area is 266 Å². The van der Waals surface area contributed by atoms with E-state index in [1.54, 1.807) is 45.0 Å². The van der Waals surface area contributed by atoms with Gasteiger partial charge in [0.2, 0.25) is 5.91 Å². The fourth-order valence-corrected chi connectivity index (χ4v) is 4.66. The molecule has 0 unspecified atom stereocenters. The van der Waals surface area contributed by atoms with Crippen molar-refractivity contribution in [3.8, 4) is 11.5 Å². The molecule has 3 rings (SSSR count). The molecule has 1 aliphatic heterocycles. The number of aliphatic hydroxyl groups is 3. The molecule has 2 aromatic carbocycles. The number of amides is 1. The normalized spacial score (nSPS) is 21.5. The molecule has 0 spiro atoms. The Morgan fingerprint density at radius 3 is 2.40 bits per heavy atom. The molecular weight excluding hydrogens is 614 g/mol. The zero-order valence-electron chi connectivity index (χ0n) is 25.8. The average molecular weight is 654 g/mol. The summed E-state index contributed by atoms with van der Waals surface area (Å²) < 4.78 is 32.4. The minimum absolute atomic E-state index is 0.0556. The highest BCUT2D eigenvalue weighted by Gasteiger charge is 2.47. The molecule has 248 valence electrons. The first kappa shape index (κ1) is 36.0. The summed E-state index contributed by atoms with van der Waals surface area (Å²) in [6.07, 6.45) is -6.31. The van der Waals surface area contributed by atoms with Gasteiger partial charge in [-0.15, -0.1) is 0 Å². The summed E-state index contributed by atoms with van der Waals surface area (Å²) in [5, 5.41) is 32.9. The van der Waals surface area contributed by atoms with Crippen molar-refractivity contribution in [3.63, 3.8) is 0 Å². The van der Waals surface area contributed by atoms with E-state index in [1.165, 1.54) is 26.4 Å². The van der Waals surface area contributed by atoms with Crippen LogP contribution in [-0.2, 0) is 35.1 Å². The maximum atomic E-state index is 13.1. The smallest absolute Gasteiger partial charge is 0.342 e. The van der Waals surface area contributed by atoms with Crippen LogP contribution in [0.25, 0.3) is 0 Å². The number of nitrogens with one attached hydrogen (secondary N) is 1. The second kappa shape index (κ2) is 16.2. The Morgan fingerprint density at radius 2 is 1.76 bits per heavy atom. The zero-order chi connectivity index (χ0) is 33.3. The van der Waals surface area contributed by atoms with E-state index in [0.29, 0.717) is 17.7 Å². The Hall–Kier alpha value is -3.46. The summed E-state index contributed by atoms with van der Waals surface area (Å²) in [4.78, 5) is 37.3. The van der Waals surface area contributed by atoms with Crippen LogP contribution in [-0.4, -0.2) is 90.3 Å². The number of methoxy groups -OCH3 is 2. The van der Waals surface area contributed by atoms with Crippen molar-refractivity contribution in [2.75, 3.05) is 26.1 Å². The van der Waals surface area contributed by atoms with Crippen LogP contribution in [0.1, 0.15) is 56.0 Å². The van der Waals surface area contributed by atoms with E-state index in [1.807, 2.05) is 0 Å². The molecule has 4 N–H and O–H groups in total. The van der Waals surface area contributed by atoms with Gasteiger partial charge in [0.25, 0.3) is 0 Å². The third-order valence-electron chi connectivity index (χ3n) is 6.58. The van der Waals surface area contributed by atoms with Gasteiger partial charge in [0.1, 0.15) is 47.6 Å². The van der Waals surface area contributed by atoms with Crippen molar-refractivity contribution < 1.29 is 58.1 Å². The van der Waals surface area contributed by atoms with Gasteiger partial charge in [-0.05, 0) is 51.0 Å². The van der Waals surface area contributed by atoms with Crippen LogP contribution >= 0.6 is 11.6 Å². The van der Waals surface area contributed by atoms with Crippen molar-refractivity contribution in [3.05, 3.63) is 52.5 Å². The summed E-state index contributed by atoms with van der Waals surface area (Å²) in [5.74, 6) is -1.30. The molecule has 0 radical (unpaired) electrons. The van der Waals surface area contributed by atoms with Crippen molar-refractivity contribution in [2.24, 2.45) is 0 Å². The number of benzene rings is 2. The topological polar surface area (TPSA) is 179 Å². The Balaban J connectivity index is 1.61. The van der Waals surface area contributed by atoms with E-state index in [-0.39, 0.29) is 53.4 Å². The standard InChI is InChI=1S/C31H40ClNO12/c1-31(2,3)45-25(36)11-7-10-24(35)33-18-9-6-8-17(12-18)16-42-22-14-21(40-4)19(13-20(22)32)29(39)44-28-27(38)26(37)23(15-34)43-30(28)41-5/h6,8-9,12-14,23,26-28,30,34,37-38H,7,10-11,15-16H2,1-5H3,(H,33,35)/t23-,26-,27+,28-,30+/m1/s1. The number of anilines is 1. The molecule has 1 amide bonds. The van der Waals surface area contributed by atoms with E-state index in [0.717, 1.165) is 0 Å². The number of hydrogen-bond donors (Lipinski definition) is 4.